The third-order valence-electron chi connectivity index (χ3n) is 3.56. The number of rotatable bonds is 4. The number of carboxylic acid groups (broad SMARTS) is 1. The zero-order valence-electron chi connectivity index (χ0n) is 11.1. The number of carbonyl (C=O) groups is 2. The Labute approximate surface area is 117 Å². The number of nitrogens with one attached hydrogen (secondary N) is 2. The molecule has 0 aliphatic carbocycles. The van der Waals surface area contributed by atoms with Crippen molar-refractivity contribution in [1.29, 1.82) is 0 Å². The molecule has 106 valence electrons. The van der Waals surface area contributed by atoms with E-state index in [2.05, 4.69) is 17.2 Å². The van der Waals surface area contributed by atoms with E-state index in [1.165, 1.54) is 6.08 Å². The molecule has 3 N–H and O–H groups in total. The zero-order chi connectivity index (χ0) is 14.5. The molecule has 5 heteroatoms. The fraction of sp³-hybridized carbons (Fsp3) is 0.333. The topological polar surface area (TPSA) is 78.4 Å². The monoisotopic (exact) mass is 274 g/mol. The van der Waals surface area contributed by atoms with Crippen molar-refractivity contribution in [2.45, 2.75) is 18.4 Å². The van der Waals surface area contributed by atoms with Crippen LogP contribution < -0.4 is 10.6 Å². The Kier molecular flexibility index (Phi) is 4.53. The third kappa shape index (κ3) is 3.24. The van der Waals surface area contributed by atoms with Crippen molar-refractivity contribution in [2.75, 3.05) is 13.1 Å². The molecule has 2 rings (SSSR count). The van der Waals surface area contributed by atoms with Crippen LogP contribution in [-0.4, -0.2) is 36.1 Å². The highest BCUT2D eigenvalue weighted by Crippen LogP contribution is 2.26. The summed E-state index contributed by atoms with van der Waals surface area (Å²) in [4.78, 5) is 22.5. The number of carbonyl (C=O) groups excluding carboxylic acids is 1. The van der Waals surface area contributed by atoms with E-state index in [0.29, 0.717) is 6.54 Å². The van der Waals surface area contributed by atoms with E-state index in [4.69, 9.17) is 5.11 Å². The van der Waals surface area contributed by atoms with Crippen molar-refractivity contribution in [3.63, 3.8) is 0 Å². The number of hydrogen-bond donors (Lipinski definition) is 3. The van der Waals surface area contributed by atoms with Crippen molar-refractivity contribution in [3.8, 4) is 0 Å². The Morgan fingerprint density at radius 2 is 2.25 bits per heavy atom. The first kappa shape index (κ1) is 14.3. The Morgan fingerprint density at radius 1 is 1.45 bits per heavy atom. The molecule has 1 fully saturated rings. The second-order valence-corrected chi connectivity index (χ2v) is 4.85. The van der Waals surface area contributed by atoms with Gasteiger partial charge in [0.2, 0.25) is 5.91 Å². The van der Waals surface area contributed by atoms with Gasteiger partial charge in [-0.1, -0.05) is 18.7 Å². The van der Waals surface area contributed by atoms with E-state index in [-0.39, 0.29) is 23.4 Å². The van der Waals surface area contributed by atoms with Crippen LogP contribution in [0.25, 0.3) is 0 Å². The first-order valence-corrected chi connectivity index (χ1v) is 6.58. The van der Waals surface area contributed by atoms with E-state index in [1.54, 1.807) is 18.2 Å². The molecule has 1 aliphatic rings. The molecule has 0 aromatic heterocycles. The normalized spacial score (nSPS) is 22.0. The SMILES string of the molecule is C=CC(=O)NC1CNCCC1c1cccc(C(=O)O)c1. The Hall–Kier alpha value is -2.14. The van der Waals surface area contributed by atoms with Gasteiger partial charge in [-0.15, -0.1) is 0 Å². The van der Waals surface area contributed by atoms with Gasteiger partial charge in [0.05, 0.1) is 5.56 Å². The lowest BCUT2D eigenvalue weighted by Crippen LogP contribution is -2.49. The van der Waals surface area contributed by atoms with E-state index in [1.807, 2.05) is 6.07 Å². The minimum Gasteiger partial charge on any atom is -0.478 e. The molecule has 1 amide bonds. The summed E-state index contributed by atoms with van der Waals surface area (Å²) < 4.78 is 0. The number of carboxylic acids is 1. The zero-order valence-corrected chi connectivity index (χ0v) is 11.1. The molecular formula is C15H18N2O3. The van der Waals surface area contributed by atoms with Gasteiger partial charge in [-0.05, 0) is 36.7 Å². The summed E-state index contributed by atoms with van der Waals surface area (Å²) in [7, 11) is 0. The molecule has 0 radical (unpaired) electrons. The maximum atomic E-state index is 11.5. The summed E-state index contributed by atoms with van der Waals surface area (Å²) >= 11 is 0. The lowest BCUT2D eigenvalue weighted by atomic mass is 9.85. The van der Waals surface area contributed by atoms with E-state index in [0.717, 1.165) is 18.5 Å². The second kappa shape index (κ2) is 6.34. The minimum absolute atomic E-state index is 0.0571. The highest BCUT2D eigenvalue weighted by atomic mass is 16.4. The number of hydrogen-bond acceptors (Lipinski definition) is 3. The predicted molar refractivity (Wildman–Crippen MR) is 75.8 cm³/mol. The number of aromatic carboxylic acids is 1. The van der Waals surface area contributed by atoms with E-state index < -0.39 is 5.97 Å². The van der Waals surface area contributed by atoms with Crippen molar-refractivity contribution in [1.82, 2.24) is 10.6 Å². The maximum Gasteiger partial charge on any atom is 0.335 e. The number of benzene rings is 1. The van der Waals surface area contributed by atoms with Gasteiger partial charge in [-0.3, -0.25) is 4.79 Å². The van der Waals surface area contributed by atoms with Crippen LogP contribution in [0.2, 0.25) is 0 Å². The quantitative estimate of drug-likeness (QED) is 0.719. The van der Waals surface area contributed by atoms with Crippen molar-refractivity contribution >= 4 is 11.9 Å². The summed E-state index contributed by atoms with van der Waals surface area (Å²) in [5, 5.41) is 15.2. The molecule has 2 atom stereocenters. The minimum atomic E-state index is -0.938. The summed E-state index contributed by atoms with van der Waals surface area (Å²) in [6.07, 6.45) is 2.10. The van der Waals surface area contributed by atoms with Crippen molar-refractivity contribution in [3.05, 3.63) is 48.0 Å². The maximum absolute atomic E-state index is 11.5. The molecule has 0 spiro atoms. The van der Waals surface area contributed by atoms with Gasteiger partial charge >= 0.3 is 5.97 Å². The van der Waals surface area contributed by atoms with E-state index in [9.17, 15) is 9.59 Å². The average molecular weight is 274 g/mol. The lowest BCUT2D eigenvalue weighted by molar-refractivity contribution is -0.117. The van der Waals surface area contributed by atoms with Crippen molar-refractivity contribution < 1.29 is 14.7 Å². The van der Waals surface area contributed by atoms with Gasteiger partial charge in [0.25, 0.3) is 0 Å². The summed E-state index contributed by atoms with van der Waals surface area (Å²) in [5.74, 6) is -1.04. The molecule has 0 bridgehead atoms. The second-order valence-electron chi connectivity index (χ2n) is 4.85. The van der Waals surface area contributed by atoms with Crippen LogP contribution in [0.5, 0.6) is 0 Å². The van der Waals surface area contributed by atoms with Crippen LogP contribution in [0, 0.1) is 0 Å². The van der Waals surface area contributed by atoms with Gasteiger partial charge in [-0.2, -0.15) is 0 Å². The summed E-state index contributed by atoms with van der Waals surface area (Å²) in [6, 6.07) is 6.86. The number of amides is 1. The van der Waals surface area contributed by atoms with Crippen LogP contribution in [0.3, 0.4) is 0 Å². The van der Waals surface area contributed by atoms with Gasteiger partial charge in [0.1, 0.15) is 0 Å². The molecule has 1 aromatic rings. The van der Waals surface area contributed by atoms with Crippen molar-refractivity contribution in [2.24, 2.45) is 0 Å². The highest BCUT2D eigenvalue weighted by molar-refractivity contribution is 5.88. The molecule has 1 aromatic carbocycles. The summed E-state index contributed by atoms with van der Waals surface area (Å²) in [6.45, 7) is 4.97. The molecule has 5 nitrogen and oxygen atoms in total. The third-order valence-corrected chi connectivity index (χ3v) is 3.56. The molecule has 1 heterocycles. The number of piperidine rings is 1. The molecule has 1 aliphatic heterocycles. The molecule has 2 unspecified atom stereocenters. The Balaban J connectivity index is 2.22. The first-order valence-electron chi connectivity index (χ1n) is 6.58. The smallest absolute Gasteiger partial charge is 0.335 e. The predicted octanol–water partition coefficient (Wildman–Crippen LogP) is 1.13. The first-order chi connectivity index (χ1) is 9.61. The van der Waals surface area contributed by atoms with Gasteiger partial charge in [-0.25, -0.2) is 4.79 Å². The standard InChI is InChI=1S/C15H18N2O3/c1-2-14(18)17-13-9-16-7-6-12(13)10-4-3-5-11(8-10)15(19)20/h2-5,8,12-13,16H,1,6-7,9H2,(H,17,18)(H,19,20). The van der Waals surface area contributed by atoms with Crippen LogP contribution in [-0.2, 0) is 4.79 Å². The molecule has 0 saturated carbocycles. The van der Waals surface area contributed by atoms with Crippen LogP contribution in [0.1, 0.15) is 28.3 Å². The largest absolute Gasteiger partial charge is 0.478 e. The lowest BCUT2D eigenvalue weighted by Gasteiger charge is -2.33. The fourth-order valence-electron chi connectivity index (χ4n) is 2.55. The van der Waals surface area contributed by atoms with Gasteiger partial charge < -0.3 is 15.7 Å². The Morgan fingerprint density at radius 3 is 2.95 bits per heavy atom. The molecule has 20 heavy (non-hydrogen) atoms. The van der Waals surface area contributed by atoms with Crippen LogP contribution >= 0.6 is 0 Å². The van der Waals surface area contributed by atoms with Crippen LogP contribution in [0.15, 0.2) is 36.9 Å². The van der Waals surface area contributed by atoms with E-state index >= 15 is 0 Å². The molecule has 1 saturated heterocycles. The van der Waals surface area contributed by atoms with Gasteiger partial charge in [0.15, 0.2) is 0 Å². The van der Waals surface area contributed by atoms with Gasteiger partial charge in [0, 0.05) is 18.5 Å². The summed E-state index contributed by atoms with van der Waals surface area (Å²) in [5.41, 5.74) is 1.22. The molecular weight excluding hydrogens is 256 g/mol. The Bertz CT molecular complexity index is 528. The highest BCUT2D eigenvalue weighted by Gasteiger charge is 2.27. The fourth-order valence-corrected chi connectivity index (χ4v) is 2.55. The average Bonchev–Trinajstić information content (AvgIpc) is 2.47. The van der Waals surface area contributed by atoms with Crippen LogP contribution in [0.4, 0.5) is 0 Å².